The monoisotopic (exact) mass is 303 g/mol. The Morgan fingerprint density at radius 1 is 1.14 bits per heavy atom. The molecule has 0 radical (unpaired) electrons. The lowest BCUT2D eigenvalue weighted by molar-refractivity contribution is 0.133. The van der Waals surface area contributed by atoms with Crippen LogP contribution in [0.4, 0.5) is 9.18 Å². The third-order valence-electron chi connectivity index (χ3n) is 3.15. The number of hydrogen-bond donors (Lipinski definition) is 2. The van der Waals surface area contributed by atoms with Gasteiger partial charge in [0.25, 0.3) is 0 Å². The molecule has 0 aliphatic carbocycles. The maximum Gasteiger partial charge on any atom is 0.407 e. The fourth-order valence-corrected chi connectivity index (χ4v) is 1.94. The molecule has 116 valence electrons. The molecule has 1 unspecified atom stereocenters. The maximum atomic E-state index is 12.8. The van der Waals surface area contributed by atoms with Gasteiger partial charge in [-0.15, -0.1) is 0 Å². The van der Waals surface area contributed by atoms with Crippen LogP contribution in [-0.2, 0) is 11.3 Å². The molecule has 0 saturated carbocycles. The van der Waals surface area contributed by atoms with Crippen molar-refractivity contribution in [1.82, 2.24) is 5.32 Å². The number of benzene rings is 2. The molecule has 0 bridgehead atoms. The highest BCUT2D eigenvalue weighted by Crippen LogP contribution is 2.16. The van der Waals surface area contributed by atoms with Gasteiger partial charge < -0.3 is 15.2 Å². The molecule has 2 aromatic carbocycles. The van der Waals surface area contributed by atoms with Crippen LogP contribution >= 0.6 is 0 Å². The van der Waals surface area contributed by atoms with Crippen LogP contribution < -0.4 is 5.32 Å². The number of amides is 1. The summed E-state index contributed by atoms with van der Waals surface area (Å²) in [6.45, 7) is 0.472. The molecule has 22 heavy (non-hydrogen) atoms. The molecule has 4 nitrogen and oxygen atoms in total. The van der Waals surface area contributed by atoms with Gasteiger partial charge in [0.1, 0.15) is 12.4 Å². The van der Waals surface area contributed by atoms with Crippen LogP contribution in [0.15, 0.2) is 54.6 Å². The summed E-state index contributed by atoms with van der Waals surface area (Å²) in [6, 6.07) is 15.0. The number of carbonyl (C=O) groups excluding carboxylic acids is 1. The summed E-state index contributed by atoms with van der Waals surface area (Å²) in [5.41, 5.74) is 1.52. The van der Waals surface area contributed by atoms with E-state index in [1.807, 2.05) is 30.3 Å². The van der Waals surface area contributed by atoms with Gasteiger partial charge in [-0.1, -0.05) is 42.5 Å². The molecule has 0 aliphatic heterocycles. The Kier molecular flexibility index (Phi) is 5.91. The van der Waals surface area contributed by atoms with Crippen LogP contribution in [0.2, 0.25) is 0 Å². The number of aliphatic hydroxyl groups excluding tert-OH is 1. The van der Waals surface area contributed by atoms with Crippen molar-refractivity contribution in [2.24, 2.45) is 0 Å². The number of alkyl carbamates (subject to hydrolysis) is 1. The standard InChI is InChI=1S/C17H18FNO3/c18-15-8-6-14(7-9-15)16(20)10-11-19-17(21)22-12-13-4-2-1-3-5-13/h1-9,16,20H,10-12H2,(H,19,21). The molecule has 0 saturated heterocycles. The highest BCUT2D eigenvalue weighted by atomic mass is 19.1. The van der Waals surface area contributed by atoms with Crippen LogP contribution in [0.3, 0.4) is 0 Å². The number of aliphatic hydroxyl groups is 1. The smallest absolute Gasteiger partial charge is 0.407 e. The summed E-state index contributed by atoms with van der Waals surface area (Å²) in [6.07, 6.45) is -0.961. The van der Waals surface area contributed by atoms with Gasteiger partial charge in [0.05, 0.1) is 6.10 Å². The van der Waals surface area contributed by atoms with Crippen molar-refractivity contribution in [3.63, 3.8) is 0 Å². The number of carbonyl (C=O) groups is 1. The Bertz CT molecular complexity index is 587. The molecule has 0 aromatic heterocycles. The van der Waals surface area contributed by atoms with E-state index in [2.05, 4.69) is 5.32 Å². The number of hydrogen-bond acceptors (Lipinski definition) is 3. The van der Waals surface area contributed by atoms with Crippen molar-refractivity contribution in [1.29, 1.82) is 0 Å². The normalized spacial score (nSPS) is 11.7. The van der Waals surface area contributed by atoms with E-state index >= 15 is 0 Å². The highest BCUT2D eigenvalue weighted by Gasteiger charge is 2.09. The van der Waals surface area contributed by atoms with Gasteiger partial charge in [0.15, 0.2) is 0 Å². The second-order valence-electron chi connectivity index (χ2n) is 4.84. The van der Waals surface area contributed by atoms with Gasteiger partial charge >= 0.3 is 6.09 Å². The van der Waals surface area contributed by atoms with E-state index in [4.69, 9.17) is 4.74 Å². The van der Waals surface area contributed by atoms with Crippen LogP contribution in [0.1, 0.15) is 23.7 Å². The predicted molar refractivity (Wildman–Crippen MR) is 80.6 cm³/mol. The minimum Gasteiger partial charge on any atom is -0.445 e. The van der Waals surface area contributed by atoms with E-state index in [0.717, 1.165) is 5.56 Å². The number of ether oxygens (including phenoxy) is 1. The Balaban J connectivity index is 1.67. The minimum atomic E-state index is -0.755. The fourth-order valence-electron chi connectivity index (χ4n) is 1.94. The minimum absolute atomic E-state index is 0.202. The van der Waals surface area contributed by atoms with Gasteiger partial charge in [-0.25, -0.2) is 9.18 Å². The molecule has 2 N–H and O–H groups in total. The molecule has 0 heterocycles. The molecule has 0 aliphatic rings. The van der Waals surface area contributed by atoms with Crippen LogP contribution in [0.5, 0.6) is 0 Å². The van der Waals surface area contributed by atoms with Crippen LogP contribution in [0, 0.1) is 5.82 Å². The summed E-state index contributed by atoms with van der Waals surface area (Å²) >= 11 is 0. The molecule has 2 rings (SSSR count). The summed E-state index contributed by atoms with van der Waals surface area (Å²) in [4.78, 5) is 11.5. The molecule has 0 spiro atoms. The zero-order chi connectivity index (χ0) is 15.8. The summed E-state index contributed by atoms with van der Waals surface area (Å²) in [5.74, 6) is -0.349. The fraction of sp³-hybridized carbons (Fsp3) is 0.235. The second-order valence-corrected chi connectivity index (χ2v) is 4.84. The average Bonchev–Trinajstić information content (AvgIpc) is 2.54. The molecule has 2 aromatic rings. The Hall–Kier alpha value is -2.40. The first-order chi connectivity index (χ1) is 10.6. The van der Waals surface area contributed by atoms with E-state index in [-0.39, 0.29) is 19.0 Å². The SMILES string of the molecule is O=C(NCCC(O)c1ccc(F)cc1)OCc1ccccc1. The molecular weight excluding hydrogens is 285 g/mol. The third-order valence-corrected chi connectivity index (χ3v) is 3.15. The van der Waals surface area contributed by atoms with Gasteiger partial charge in [-0.05, 0) is 29.7 Å². The predicted octanol–water partition coefficient (Wildman–Crippen LogP) is 3.18. The number of rotatable bonds is 6. The van der Waals surface area contributed by atoms with E-state index in [0.29, 0.717) is 12.0 Å². The first-order valence-corrected chi connectivity index (χ1v) is 7.03. The lowest BCUT2D eigenvalue weighted by Crippen LogP contribution is -2.26. The zero-order valence-electron chi connectivity index (χ0n) is 12.0. The molecule has 1 amide bonds. The third kappa shape index (κ3) is 5.18. The summed E-state index contributed by atoms with van der Waals surface area (Å²) in [5, 5.41) is 12.5. The molecule has 1 atom stereocenters. The van der Waals surface area contributed by atoms with Crippen LogP contribution in [-0.4, -0.2) is 17.7 Å². The lowest BCUT2D eigenvalue weighted by atomic mass is 10.1. The van der Waals surface area contributed by atoms with E-state index < -0.39 is 12.2 Å². The average molecular weight is 303 g/mol. The van der Waals surface area contributed by atoms with Crippen molar-refractivity contribution >= 4 is 6.09 Å². The van der Waals surface area contributed by atoms with Gasteiger partial charge in [0, 0.05) is 6.54 Å². The zero-order valence-corrected chi connectivity index (χ0v) is 12.0. The largest absolute Gasteiger partial charge is 0.445 e. The Morgan fingerprint density at radius 3 is 2.50 bits per heavy atom. The molecular formula is C17H18FNO3. The van der Waals surface area contributed by atoms with E-state index in [1.54, 1.807) is 0 Å². The van der Waals surface area contributed by atoms with Crippen molar-refractivity contribution in [2.45, 2.75) is 19.1 Å². The topological polar surface area (TPSA) is 58.6 Å². The first-order valence-electron chi connectivity index (χ1n) is 7.03. The van der Waals surface area contributed by atoms with Crippen molar-refractivity contribution in [2.75, 3.05) is 6.54 Å². The summed E-state index contributed by atoms with van der Waals surface area (Å²) < 4.78 is 17.8. The highest BCUT2D eigenvalue weighted by molar-refractivity contribution is 5.67. The number of nitrogens with one attached hydrogen (secondary N) is 1. The van der Waals surface area contributed by atoms with Gasteiger partial charge in [-0.3, -0.25) is 0 Å². The van der Waals surface area contributed by atoms with E-state index in [1.165, 1.54) is 24.3 Å². The van der Waals surface area contributed by atoms with Gasteiger partial charge in [0.2, 0.25) is 0 Å². The van der Waals surface area contributed by atoms with Gasteiger partial charge in [-0.2, -0.15) is 0 Å². The van der Waals surface area contributed by atoms with Crippen molar-refractivity contribution in [3.8, 4) is 0 Å². The van der Waals surface area contributed by atoms with E-state index in [9.17, 15) is 14.3 Å². The Morgan fingerprint density at radius 2 is 1.82 bits per heavy atom. The second kappa shape index (κ2) is 8.14. The number of halogens is 1. The molecule has 0 fully saturated rings. The van der Waals surface area contributed by atoms with Crippen molar-refractivity contribution < 1.29 is 19.0 Å². The maximum absolute atomic E-state index is 12.8. The quantitative estimate of drug-likeness (QED) is 0.861. The van der Waals surface area contributed by atoms with Crippen LogP contribution in [0.25, 0.3) is 0 Å². The van der Waals surface area contributed by atoms with Crippen molar-refractivity contribution in [3.05, 3.63) is 71.5 Å². The Labute approximate surface area is 128 Å². The first kappa shape index (κ1) is 16.0. The molecule has 5 heteroatoms. The summed E-state index contributed by atoms with van der Waals surface area (Å²) in [7, 11) is 0. The lowest BCUT2D eigenvalue weighted by Gasteiger charge is -2.12.